The summed E-state index contributed by atoms with van der Waals surface area (Å²) in [5.41, 5.74) is 1.67. The molecule has 1 aromatic carbocycles. The number of ether oxygens (including phenoxy) is 3. The van der Waals surface area contributed by atoms with Crippen LogP contribution in [0.2, 0.25) is 0 Å². The van der Waals surface area contributed by atoms with Gasteiger partial charge in [0.15, 0.2) is 0 Å². The zero-order chi connectivity index (χ0) is 15.9. The highest BCUT2D eigenvalue weighted by atomic mass is 16.5. The SMILES string of the molecule is COC(=O)c1c(OC)cc(OC)nc1/C=C/c1ccccc1. The molecule has 0 saturated carbocycles. The van der Waals surface area contributed by atoms with Gasteiger partial charge in [-0.05, 0) is 11.6 Å². The maximum absolute atomic E-state index is 12.0. The van der Waals surface area contributed by atoms with E-state index < -0.39 is 5.97 Å². The maximum Gasteiger partial charge on any atom is 0.343 e. The van der Waals surface area contributed by atoms with Gasteiger partial charge in [-0.3, -0.25) is 0 Å². The van der Waals surface area contributed by atoms with Gasteiger partial charge in [-0.15, -0.1) is 0 Å². The zero-order valence-corrected chi connectivity index (χ0v) is 12.7. The summed E-state index contributed by atoms with van der Waals surface area (Å²) >= 11 is 0. The second kappa shape index (κ2) is 7.26. The van der Waals surface area contributed by atoms with Crippen LogP contribution in [-0.4, -0.2) is 32.3 Å². The van der Waals surface area contributed by atoms with Gasteiger partial charge in [0.1, 0.15) is 11.3 Å². The highest BCUT2D eigenvalue weighted by molar-refractivity contribution is 5.97. The molecule has 2 aromatic rings. The van der Waals surface area contributed by atoms with Crippen LogP contribution >= 0.6 is 0 Å². The molecule has 0 bridgehead atoms. The molecule has 0 fully saturated rings. The largest absolute Gasteiger partial charge is 0.496 e. The van der Waals surface area contributed by atoms with Crippen LogP contribution < -0.4 is 9.47 Å². The van der Waals surface area contributed by atoms with Crippen molar-refractivity contribution >= 4 is 18.1 Å². The van der Waals surface area contributed by atoms with E-state index >= 15 is 0 Å². The molecule has 0 saturated heterocycles. The highest BCUT2D eigenvalue weighted by Crippen LogP contribution is 2.28. The molecule has 1 heterocycles. The molecule has 22 heavy (non-hydrogen) atoms. The van der Waals surface area contributed by atoms with Crippen molar-refractivity contribution in [3.63, 3.8) is 0 Å². The van der Waals surface area contributed by atoms with E-state index in [1.807, 2.05) is 36.4 Å². The third-order valence-corrected chi connectivity index (χ3v) is 3.04. The van der Waals surface area contributed by atoms with Crippen molar-refractivity contribution in [1.82, 2.24) is 4.98 Å². The van der Waals surface area contributed by atoms with Gasteiger partial charge in [0.05, 0.1) is 27.0 Å². The molecule has 0 atom stereocenters. The number of methoxy groups -OCH3 is 3. The van der Waals surface area contributed by atoms with E-state index in [1.165, 1.54) is 21.3 Å². The third kappa shape index (κ3) is 3.44. The van der Waals surface area contributed by atoms with Gasteiger partial charge in [0.2, 0.25) is 5.88 Å². The van der Waals surface area contributed by atoms with E-state index in [4.69, 9.17) is 14.2 Å². The summed E-state index contributed by atoms with van der Waals surface area (Å²) in [7, 11) is 4.30. The standard InChI is InChI=1S/C17H17NO4/c1-20-14-11-15(21-2)18-13(16(14)17(19)22-3)10-9-12-7-5-4-6-8-12/h4-11H,1-3H3/b10-9+. The Balaban J connectivity index is 2.52. The Morgan fingerprint density at radius 2 is 1.77 bits per heavy atom. The van der Waals surface area contributed by atoms with Crippen LogP contribution in [0.5, 0.6) is 11.6 Å². The van der Waals surface area contributed by atoms with Gasteiger partial charge in [-0.1, -0.05) is 36.4 Å². The van der Waals surface area contributed by atoms with Crippen molar-refractivity contribution in [3.05, 3.63) is 53.2 Å². The molecule has 0 aliphatic carbocycles. The first-order chi connectivity index (χ1) is 10.7. The molecule has 0 spiro atoms. The summed E-state index contributed by atoms with van der Waals surface area (Å²) in [6, 6.07) is 11.2. The Morgan fingerprint density at radius 1 is 1.05 bits per heavy atom. The van der Waals surface area contributed by atoms with Crippen LogP contribution in [0.25, 0.3) is 12.2 Å². The fourth-order valence-corrected chi connectivity index (χ4v) is 1.95. The zero-order valence-electron chi connectivity index (χ0n) is 12.7. The van der Waals surface area contributed by atoms with Crippen LogP contribution in [0, 0.1) is 0 Å². The fraction of sp³-hybridized carbons (Fsp3) is 0.176. The molecule has 5 nitrogen and oxygen atoms in total. The number of esters is 1. The van der Waals surface area contributed by atoms with E-state index in [2.05, 4.69) is 4.98 Å². The van der Waals surface area contributed by atoms with Crippen molar-refractivity contribution in [2.75, 3.05) is 21.3 Å². The lowest BCUT2D eigenvalue weighted by Crippen LogP contribution is -2.09. The Morgan fingerprint density at radius 3 is 2.36 bits per heavy atom. The normalized spacial score (nSPS) is 10.5. The lowest BCUT2D eigenvalue weighted by molar-refractivity contribution is 0.0596. The molecule has 5 heteroatoms. The predicted octanol–water partition coefficient (Wildman–Crippen LogP) is 3.06. The molecule has 2 rings (SSSR count). The fourth-order valence-electron chi connectivity index (χ4n) is 1.95. The first-order valence-electron chi connectivity index (χ1n) is 6.64. The van der Waals surface area contributed by atoms with E-state index in [-0.39, 0.29) is 5.56 Å². The molecule has 0 radical (unpaired) electrons. The highest BCUT2D eigenvalue weighted by Gasteiger charge is 2.20. The molecule has 0 aliphatic rings. The van der Waals surface area contributed by atoms with Gasteiger partial charge in [-0.25, -0.2) is 9.78 Å². The van der Waals surface area contributed by atoms with Crippen LogP contribution in [0.3, 0.4) is 0 Å². The van der Waals surface area contributed by atoms with Crippen molar-refractivity contribution < 1.29 is 19.0 Å². The smallest absolute Gasteiger partial charge is 0.343 e. The van der Waals surface area contributed by atoms with Crippen LogP contribution in [0.4, 0.5) is 0 Å². The number of hydrogen-bond donors (Lipinski definition) is 0. The average molecular weight is 299 g/mol. The predicted molar refractivity (Wildman–Crippen MR) is 84.1 cm³/mol. The molecule has 0 aliphatic heterocycles. The van der Waals surface area contributed by atoms with Gasteiger partial charge in [-0.2, -0.15) is 0 Å². The minimum atomic E-state index is -0.514. The number of rotatable bonds is 5. The third-order valence-electron chi connectivity index (χ3n) is 3.04. The summed E-state index contributed by atoms with van der Waals surface area (Å²) < 4.78 is 15.2. The lowest BCUT2D eigenvalue weighted by Gasteiger charge is -2.11. The Kier molecular flexibility index (Phi) is 5.14. The van der Waals surface area contributed by atoms with Gasteiger partial charge in [0.25, 0.3) is 0 Å². The molecule has 114 valence electrons. The summed E-state index contributed by atoms with van der Waals surface area (Å²) in [5.74, 6) is 0.198. The number of nitrogens with zero attached hydrogens (tertiary/aromatic N) is 1. The first kappa shape index (κ1) is 15.6. The monoisotopic (exact) mass is 299 g/mol. The number of carbonyl (C=O) groups is 1. The number of pyridine rings is 1. The number of benzene rings is 1. The molecule has 0 amide bonds. The molecular weight excluding hydrogens is 282 g/mol. The summed E-state index contributed by atoms with van der Waals surface area (Å²) in [4.78, 5) is 16.3. The van der Waals surface area contributed by atoms with E-state index in [0.29, 0.717) is 17.3 Å². The minimum Gasteiger partial charge on any atom is -0.496 e. The van der Waals surface area contributed by atoms with Crippen LogP contribution in [0.15, 0.2) is 36.4 Å². The van der Waals surface area contributed by atoms with Crippen molar-refractivity contribution in [2.24, 2.45) is 0 Å². The first-order valence-corrected chi connectivity index (χ1v) is 6.64. The average Bonchev–Trinajstić information content (AvgIpc) is 2.59. The number of carbonyl (C=O) groups excluding carboxylic acids is 1. The molecule has 0 N–H and O–H groups in total. The number of hydrogen-bond acceptors (Lipinski definition) is 5. The lowest BCUT2D eigenvalue weighted by atomic mass is 10.1. The molecule has 1 aromatic heterocycles. The Hall–Kier alpha value is -2.82. The van der Waals surface area contributed by atoms with E-state index in [1.54, 1.807) is 12.1 Å². The van der Waals surface area contributed by atoms with Gasteiger partial charge < -0.3 is 14.2 Å². The quantitative estimate of drug-likeness (QED) is 0.794. The summed E-state index contributed by atoms with van der Waals surface area (Å²) in [5, 5.41) is 0. The second-order valence-electron chi connectivity index (χ2n) is 4.36. The van der Waals surface area contributed by atoms with E-state index in [9.17, 15) is 4.79 Å². The van der Waals surface area contributed by atoms with Crippen molar-refractivity contribution in [1.29, 1.82) is 0 Å². The Labute approximate surface area is 129 Å². The van der Waals surface area contributed by atoms with Crippen molar-refractivity contribution in [3.8, 4) is 11.6 Å². The van der Waals surface area contributed by atoms with E-state index in [0.717, 1.165) is 5.56 Å². The molecule has 0 unspecified atom stereocenters. The van der Waals surface area contributed by atoms with Gasteiger partial charge in [0, 0.05) is 6.07 Å². The van der Waals surface area contributed by atoms with Crippen LogP contribution in [0.1, 0.15) is 21.6 Å². The second-order valence-corrected chi connectivity index (χ2v) is 4.36. The minimum absolute atomic E-state index is 0.262. The van der Waals surface area contributed by atoms with Crippen LogP contribution in [-0.2, 0) is 4.74 Å². The topological polar surface area (TPSA) is 57.7 Å². The molecular formula is C17H17NO4. The Bertz CT molecular complexity index is 681. The summed E-state index contributed by atoms with van der Waals surface area (Å²) in [6.07, 6.45) is 3.58. The maximum atomic E-state index is 12.0. The van der Waals surface area contributed by atoms with Gasteiger partial charge >= 0.3 is 5.97 Å². The number of aromatic nitrogens is 1. The van der Waals surface area contributed by atoms with Crippen molar-refractivity contribution in [2.45, 2.75) is 0 Å². The summed E-state index contributed by atoms with van der Waals surface area (Å²) in [6.45, 7) is 0.